The zero-order chi connectivity index (χ0) is 15.2. The number of likely N-dealkylation sites (N-methyl/N-ethyl adjacent to an activating group) is 1. The lowest BCUT2D eigenvalue weighted by molar-refractivity contribution is 0.0733. The first-order chi connectivity index (χ1) is 10.1. The number of esters is 1. The molecule has 0 saturated heterocycles. The third-order valence-electron chi connectivity index (χ3n) is 3.22. The summed E-state index contributed by atoms with van der Waals surface area (Å²) in [6.07, 6.45) is -0.632. The summed E-state index contributed by atoms with van der Waals surface area (Å²) in [6, 6.07) is 14.2. The van der Waals surface area contributed by atoms with Gasteiger partial charge in [0.2, 0.25) is 0 Å². The average Bonchev–Trinajstić information content (AvgIpc) is 2.48. The normalized spacial score (nSPS) is 12.0. The van der Waals surface area contributed by atoms with E-state index < -0.39 is 12.1 Å². The van der Waals surface area contributed by atoms with Crippen LogP contribution in [0, 0.1) is 6.92 Å². The molecule has 0 aliphatic carbocycles. The molecule has 4 nitrogen and oxygen atoms in total. The predicted octanol–water partition coefficient (Wildman–Crippen LogP) is 2.47. The Kier molecular flexibility index (Phi) is 5.09. The van der Waals surface area contributed by atoms with E-state index in [9.17, 15) is 9.90 Å². The van der Waals surface area contributed by atoms with Crippen LogP contribution in [0.3, 0.4) is 0 Å². The van der Waals surface area contributed by atoms with Crippen LogP contribution in [0.1, 0.15) is 27.6 Å². The van der Waals surface area contributed by atoms with Crippen LogP contribution in [0.25, 0.3) is 0 Å². The van der Waals surface area contributed by atoms with Crippen molar-refractivity contribution in [1.29, 1.82) is 0 Å². The second kappa shape index (κ2) is 7.02. The molecule has 0 saturated carbocycles. The first kappa shape index (κ1) is 15.2. The Hall–Kier alpha value is -2.17. The first-order valence-corrected chi connectivity index (χ1v) is 6.82. The molecular weight excluding hydrogens is 266 g/mol. The van der Waals surface area contributed by atoms with E-state index in [0.29, 0.717) is 23.4 Å². The smallest absolute Gasteiger partial charge is 0.343 e. The number of aryl methyl sites for hydroxylation is 1. The Morgan fingerprint density at radius 1 is 1.24 bits per heavy atom. The number of aliphatic hydroxyl groups is 1. The van der Waals surface area contributed by atoms with Gasteiger partial charge < -0.3 is 15.2 Å². The van der Waals surface area contributed by atoms with Crippen molar-refractivity contribution in [2.45, 2.75) is 13.0 Å². The molecule has 0 radical (unpaired) electrons. The summed E-state index contributed by atoms with van der Waals surface area (Å²) in [5, 5.41) is 12.8. The molecular formula is C17H19NO3. The first-order valence-electron chi connectivity index (χ1n) is 6.82. The number of rotatable bonds is 5. The monoisotopic (exact) mass is 285 g/mol. The molecule has 0 aromatic heterocycles. The van der Waals surface area contributed by atoms with Crippen LogP contribution in [-0.4, -0.2) is 24.7 Å². The van der Waals surface area contributed by atoms with Gasteiger partial charge in [-0.05, 0) is 43.3 Å². The van der Waals surface area contributed by atoms with Gasteiger partial charge in [-0.2, -0.15) is 0 Å². The Morgan fingerprint density at radius 3 is 2.71 bits per heavy atom. The van der Waals surface area contributed by atoms with Gasteiger partial charge in [-0.3, -0.25) is 0 Å². The molecule has 110 valence electrons. The molecule has 0 bridgehead atoms. The number of carbonyl (C=O) groups excluding carboxylic acids is 1. The van der Waals surface area contributed by atoms with Gasteiger partial charge in [0.25, 0.3) is 0 Å². The molecule has 0 aliphatic rings. The van der Waals surface area contributed by atoms with Crippen molar-refractivity contribution in [1.82, 2.24) is 5.32 Å². The van der Waals surface area contributed by atoms with Crippen LogP contribution in [0.15, 0.2) is 48.5 Å². The van der Waals surface area contributed by atoms with Crippen molar-refractivity contribution in [3.63, 3.8) is 0 Å². The van der Waals surface area contributed by atoms with Crippen molar-refractivity contribution in [2.75, 3.05) is 13.6 Å². The van der Waals surface area contributed by atoms with E-state index in [0.717, 1.165) is 5.56 Å². The molecule has 0 amide bonds. The number of hydrogen-bond acceptors (Lipinski definition) is 4. The maximum atomic E-state index is 12.1. The summed E-state index contributed by atoms with van der Waals surface area (Å²) in [5.41, 5.74) is 2.12. The highest BCUT2D eigenvalue weighted by atomic mass is 16.5. The maximum Gasteiger partial charge on any atom is 0.343 e. The Morgan fingerprint density at radius 2 is 2.00 bits per heavy atom. The summed E-state index contributed by atoms with van der Waals surface area (Å²) in [7, 11) is 1.77. The van der Waals surface area contributed by atoms with Gasteiger partial charge in [-0.15, -0.1) is 0 Å². The predicted molar refractivity (Wildman–Crippen MR) is 81.5 cm³/mol. The quantitative estimate of drug-likeness (QED) is 0.654. The minimum absolute atomic E-state index is 0.395. The summed E-state index contributed by atoms with van der Waals surface area (Å²) >= 11 is 0. The molecule has 0 aliphatic heterocycles. The van der Waals surface area contributed by atoms with Gasteiger partial charge in [0.1, 0.15) is 5.75 Å². The topological polar surface area (TPSA) is 58.6 Å². The number of hydrogen-bond donors (Lipinski definition) is 2. The summed E-state index contributed by atoms with van der Waals surface area (Å²) in [5.74, 6) is 0.0317. The van der Waals surface area contributed by atoms with Crippen molar-refractivity contribution in [3.05, 3.63) is 65.2 Å². The summed E-state index contributed by atoms with van der Waals surface area (Å²) in [4.78, 5) is 12.1. The lowest BCUT2D eigenvalue weighted by atomic mass is 10.1. The lowest BCUT2D eigenvalue weighted by Crippen LogP contribution is -2.17. The standard InChI is InChI=1S/C17H19NO3/c1-12-6-3-4-9-15(12)17(20)21-14-8-5-7-13(10-14)16(19)11-18-2/h3-10,16,18-19H,11H2,1-2H3/t16-/m1/s1. The zero-order valence-electron chi connectivity index (χ0n) is 12.2. The Balaban J connectivity index is 2.15. The molecule has 21 heavy (non-hydrogen) atoms. The highest BCUT2D eigenvalue weighted by Crippen LogP contribution is 2.20. The lowest BCUT2D eigenvalue weighted by Gasteiger charge is -2.12. The highest BCUT2D eigenvalue weighted by molar-refractivity contribution is 5.92. The van der Waals surface area contributed by atoms with Gasteiger partial charge in [0, 0.05) is 6.54 Å². The van der Waals surface area contributed by atoms with Crippen LogP contribution >= 0.6 is 0 Å². The largest absolute Gasteiger partial charge is 0.423 e. The van der Waals surface area contributed by atoms with Crippen LogP contribution in [0.2, 0.25) is 0 Å². The SMILES string of the molecule is CNC[C@@H](O)c1cccc(OC(=O)c2ccccc2C)c1. The Labute approximate surface area is 124 Å². The third-order valence-corrected chi connectivity index (χ3v) is 3.22. The second-order valence-electron chi connectivity index (χ2n) is 4.85. The van der Waals surface area contributed by atoms with Crippen LogP contribution in [0.4, 0.5) is 0 Å². The molecule has 2 N–H and O–H groups in total. The molecule has 1 atom stereocenters. The minimum atomic E-state index is -0.632. The van der Waals surface area contributed by atoms with Crippen LogP contribution in [0.5, 0.6) is 5.75 Å². The summed E-state index contributed by atoms with van der Waals surface area (Å²) < 4.78 is 5.38. The van der Waals surface area contributed by atoms with E-state index >= 15 is 0 Å². The van der Waals surface area contributed by atoms with Crippen LogP contribution in [-0.2, 0) is 0 Å². The van der Waals surface area contributed by atoms with Gasteiger partial charge in [-0.25, -0.2) is 4.79 Å². The van der Waals surface area contributed by atoms with Crippen molar-refractivity contribution >= 4 is 5.97 Å². The fraction of sp³-hybridized carbons (Fsp3) is 0.235. The molecule has 0 fully saturated rings. The maximum absolute atomic E-state index is 12.1. The van der Waals surface area contributed by atoms with E-state index in [1.807, 2.05) is 19.1 Å². The van der Waals surface area contributed by atoms with Gasteiger partial charge in [0.05, 0.1) is 11.7 Å². The van der Waals surface area contributed by atoms with Crippen LogP contribution < -0.4 is 10.1 Å². The number of aliphatic hydroxyl groups excluding tert-OH is 1. The van der Waals surface area contributed by atoms with E-state index in [-0.39, 0.29) is 0 Å². The summed E-state index contributed by atoms with van der Waals surface area (Å²) in [6.45, 7) is 2.30. The number of carbonyl (C=O) groups is 1. The zero-order valence-corrected chi connectivity index (χ0v) is 12.2. The van der Waals surface area contributed by atoms with E-state index in [2.05, 4.69) is 5.32 Å². The van der Waals surface area contributed by atoms with E-state index in [1.54, 1.807) is 43.4 Å². The number of nitrogens with one attached hydrogen (secondary N) is 1. The number of benzene rings is 2. The van der Waals surface area contributed by atoms with Crippen molar-refractivity contribution < 1.29 is 14.6 Å². The molecule has 2 aromatic carbocycles. The molecule has 0 heterocycles. The molecule has 0 spiro atoms. The van der Waals surface area contributed by atoms with E-state index in [4.69, 9.17) is 4.74 Å². The van der Waals surface area contributed by atoms with Crippen molar-refractivity contribution in [3.8, 4) is 5.75 Å². The van der Waals surface area contributed by atoms with Gasteiger partial charge in [0.15, 0.2) is 0 Å². The third kappa shape index (κ3) is 3.90. The molecule has 2 rings (SSSR count). The van der Waals surface area contributed by atoms with E-state index in [1.165, 1.54) is 0 Å². The molecule has 0 unspecified atom stereocenters. The van der Waals surface area contributed by atoms with Gasteiger partial charge >= 0.3 is 5.97 Å². The number of ether oxygens (including phenoxy) is 1. The minimum Gasteiger partial charge on any atom is -0.423 e. The second-order valence-corrected chi connectivity index (χ2v) is 4.85. The molecule has 4 heteroatoms. The van der Waals surface area contributed by atoms with Crippen molar-refractivity contribution in [2.24, 2.45) is 0 Å². The molecule has 2 aromatic rings. The highest BCUT2D eigenvalue weighted by Gasteiger charge is 2.12. The average molecular weight is 285 g/mol. The fourth-order valence-corrected chi connectivity index (χ4v) is 2.06. The Bertz CT molecular complexity index is 625. The van der Waals surface area contributed by atoms with Gasteiger partial charge in [-0.1, -0.05) is 30.3 Å². The fourth-order valence-electron chi connectivity index (χ4n) is 2.06.